The first kappa shape index (κ1) is 30.5. The summed E-state index contributed by atoms with van der Waals surface area (Å²) in [5.41, 5.74) is 2.10. The van der Waals surface area contributed by atoms with E-state index in [2.05, 4.69) is 14.8 Å². The number of hydrogen-bond acceptors (Lipinski definition) is 8. The number of amides is 1. The van der Waals surface area contributed by atoms with Crippen LogP contribution in [0.4, 0.5) is 5.69 Å². The summed E-state index contributed by atoms with van der Waals surface area (Å²) in [6, 6.07) is 13.0. The number of carbonyl (C=O) groups excluding carboxylic acids is 2. The summed E-state index contributed by atoms with van der Waals surface area (Å²) in [6.07, 6.45) is 0.205. The fourth-order valence-electron chi connectivity index (χ4n) is 4.21. The van der Waals surface area contributed by atoms with Crippen molar-refractivity contribution in [3.05, 3.63) is 76.9 Å². The van der Waals surface area contributed by atoms with Gasteiger partial charge in [0, 0.05) is 17.7 Å². The molecule has 3 rings (SSSR count). The molecule has 0 saturated heterocycles. The van der Waals surface area contributed by atoms with Crippen LogP contribution in [0.15, 0.2) is 59.5 Å². The molecule has 1 amide bonds. The molecule has 214 valence electrons. The molecule has 40 heavy (non-hydrogen) atoms. The molecule has 0 fully saturated rings. The maximum Gasteiger partial charge on any atom is 0.324 e. The Kier molecular flexibility index (Phi) is 9.44. The number of phenolic OH excluding ortho intramolecular Hbond substituents is 3. The lowest BCUT2D eigenvalue weighted by atomic mass is 9.92. The lowest BCUT2D eigenvalue weighted by Crippen LogP contribution is -2.44. The van der Waals surface area contributed by atoms with E-state index < -0.39 is 45.2 Å². The van der Waals surface area contributed by atoms with Gasteiger partial charge >= 0.3 is 5.97 Å². The van der Waals surface area contributed by atoms with Crippen LogP contribution < -0.4 is 10.0 Å². The molecule has 0 aliphatic heterocycles. The van der Waals surface area contributed by atoms with Gasteiger partial charge in [0.2, 0.25) is 15.8 Å². The van der Waals surface area contributed by atoms with Crippen molar-refractivity contribution < 1.29 is 38.1 Å². The van der Waals surface area contributed by atoms with Crippen molar-refractivity contribution >= 4 is 27.6 Å². The Labute approximate surface area is 233 Å². The highest BCUT2D eigenvalue weighted by Crippen LogP contribution is 2.42. The van der Waals surface area contributed by atoms with E-state index in [1.165, 1.54) is 37.4 Å². The van der Waals surface area contributed by atoms with Crippen molar-refractivity contribution in [2.75, 3.05) is 12.4 Å². The molecule has 0 aliphatic rings. The second kappa shape index (κ2) is 12.4. The van der Waals surface area contributed by atoms with Crippen molar-refractivity contribution in [3.8, 4) is 17.2 Å². The van der Waals surface area contributed by atoms with Crippen molar-refractivity contribution in [2.45, 2.75) is 51.0 Å². The smallest absolute Gasteiger partial charge is 0.324 e. The quantitative estimate of drug-likeness (QED) is 0.179. The van der Waals surface area contributed by atoms with E-state index in [1.807, 2.05) is 38.1 Å². The molecule has 0 heterocycles. The van der Waals surface area contributed by atoms with Crippen LogP contribution in [0.5, 0.6) is 17.2 Å². The molecule has 0 spiro atoms. The van der Waals surface area contributed by atoms with Gasteiger partial charge in [-0.05, 0) is 53.3 Å². The van der Waals surface area contributed by atoms with Crippen LogP contribution in [0.1, 0.15) is 60.7 Å². The lowest BCUT2D eigenvalue weighted by molar-refractivity contribution is -0.143. The lowest BCUT2D eigenvalue weighted by Gasteiger charge is -2.19. The van der Waals surface area contributed by atoms with Gasteiger partial charge in [0.15, 0.2) is 11.5 Å². The molecule has 3 aromatic carbocycles. The monoisotopic (exact) mass is 570 g/mol. The van der Waals surface area contributed by atoms with E-state index in [9.17, 15) is 33.3 Å². The number of rotatable bonds is 10. The van der Waals surface area contributed by atoms with Crippen LogP contribution in [0.25, 0.3) is 0 Å². The van der Waals surface area contributed by atoms with Gasteiger partial charge < -0.3 is 25.4 Å². The maximum absolute atomic E-state index is 13.0. The van der Waals surface area contributed by atoms with Gasteiger partial charge in [-0.25, -0.2) is 8.42 Å². The van der Waals surface area contributed by atoms with E-state index in [0.717, 1.165) is 11.1 Å². The fourth-order valence-corrected chi connectivity index (χ4v) is 5.54. The first-order chi connectivity index (χ1) is 18.8. The molecule has 5 N–H and O–H groups in total. The highest BCUT2D eigenvalue weighted by Gasteiger charge is 2.29. The van der Waals surface area contributed by atoms with Crippen molar-refractivity contribution in [1.29, 1.82) is 0 Å². The minimum atomic E-state index is -4.08. The number of benzene rings is 3. The normalized spacial score (nSPS) is 12.4. The predicted molar refractivity (Wildman–Crippen MR) is 150 cm³/mol. The van der Waals surface area contributed by atoms with E-state index in [4.69, 9.17) is 0 Å². The second-order valence-corrected chi connectivity index (χ2v) is 11.7. The molecule has 0 aromatic heterocycles. The number of nitrogens with one attached hydrogen (secondary N) is 2. The number of carbonyl (C=O) groups is 2. The van der Waals surface area contributed by atoms with Crippen LogP contribution in [-0.2, 0) is 26.0 Å². The SMILES string of the molecule is COC(=O)C(NS(=O)(=O)c1ccc(NC(=O)c2cc(Cc3ccccc3C(C)C)c(O)c(O)c2O)cc1)C(C)C. The van der Waals surface area contributed by atoms with Crippen LogP contribution in [0.2, 0.25) is 0 Å². The summed E-state index contributed by atoms with van der Waals surface area (Å²) in [5, 5.41) is 33.8. The van der Waals surface area contributed by atoms with Gasteiger partial charge in [-0.1, -0.05) is 52.0 Å². The van der Waals surface area contributed by atoms with Gasteiger partial charge in [-0.2, -0.15) is 4.72 Å². The number of esters is 1. The summed E-state index contributed by atoms with van der Waals surface area (Å²) >= 11 is 0. The van der Waals surface area contributed by atoms with Crippen molar-refractivity contribution in [2.24, 2.45) is 5.92 Å². The number of aromatic hydroxyl groups is 3. The minimum Gasteiger partial charge on any atom is -0.504 e. The molecule has 10 nitrogen and oxygen atoms in total. The van der Waals surface area contributed by atoms with E-state index in [1.54, 1.807) is 13.8 Å². The van der Waals surface area contributed by atoms with Crippen LogP contribution >= 0.6 is 0 Å². The third-order valence-electron chi connectivity index (χ3n) is 6.46. The summed E-state index contributed by atoms with van der Waals surface area (Å²) in [6.45, 7) is 7.40. The minimum absolute atomic E-state index is 0.142. The topological polar surface area (TPSA) is 162 Å². The standard InChI is InChI=1S/C29H34N2O8S/c1-16(2)22-9-7-6-8-18(22)14-19-15-23(26(33)27(34)25(19)32)28(35)30-20-10-12-21(13-11-20)40(37,38)31-24(17(3)4)29(36)39-5/h6-13,15-17,24,31-34H,14H2,1-5H3,(H,30,35). The average molecular weight is 571 g/mol. The first-order valence-corrected chi connectivity index (χ1v) is 14.1. The number of anilines is 1. The third kappa shape index (κ3) is 6.72. The van der Waals surface area contributed by atoms with Crippen LogP contribution in [-0.4, -0.2) is 48.8 Å². The zero-order valence-electron chi connectivity index (χ0n) is 22.9. The van der Waals surface area contributed by atoms with Crippen LogP contribution in [0.3, 0.4) is 0 Å². The predicted octanol–water partition coefficient (Wildman–Crippen LogP) is 4.25. The number of methoxy groups -OCH3 is 1. The van der Waals surface area contributed by atoms with Crippen molar-refractivity contribution in [3.63, 3.8) is 0 Å². The highest BCUT2D eigenvalue weighted by molar-refractivity contribution is 7.89. The molecule has 0 aliphatic carbocycles. The Morgan fingerprint density at radius 3 is 2.08 bits per heavy atom. The summed E-state index contributed by atoms with van der Waals surface area (Å²) < 4.78 is 32.6. The maximum atomic E-state index is 13.0. The molecular weight excluding hydrogens is 536 g/mol. The first-order valence-electron chi connectivity index (χ1n) is 12.6. The fraction of sp³-hybridized carbons (Fsp3) is 0.310. The number of hydrogen-bond donors (Lipinski definition) is 5. The molecule has 0 saturated carbocycles. The highest BCUT2D eigenvalue weighted by atomic mass is 32.2. The molecule has 0 radical (unpaired) electrons. The van der Waals surface area contributed by atoms with Gasteiger partial charge in [-0.15, -0.1) is 0 Å². The van der Waals surface area contributed by atoms with Gasteiger partial charge in [0.1, 0.15) is 6.04 Å². The Balaban J connectivity index is 1.85. The number of sulfonamides is 1. The molecule has 1 unspecified atom stereocenters. The Morgan fingerprint density at radius 1 is 0.875 bits per heavy atom. The Morgan fingerprint density at radius 2 is 1.50 bits per heavy atom. The zero-order chi connectivity index (χ0) is 29.8. The van der Waals surface area contributed by atoms with Gasteiger partial charge in [0.05, 0.1) is 17.6 Å². The molecule has 11 heteroatoms. The molecule has 1 atom stereocenters. The molecule has 0 bridgehead atoms. The zero-order valence-corrected chi connectivity index (χ0v) is 23.7. The Bertz CT molecular complexity index is 1500. The number of phenols is 3. The second-order valence-electron chi connectivity index (χ2n) is 10.0. The Hall–Kier alpha value is -4.09. The van der Waals surface area contributed by atoms with Crippen LogP contribution in [0, 0.1) is 5.92 Å². The third-order valence-corrected chi connectivity index (χ3v) is 7.91. The van der Waals surface area contributed by atoms with Gasteiger partial charge in [-0.3, -0.25) is 9.59 Å². The molecule has 3 aromatic rings. The van der Waals surface area contributed by atoms with E-state index >= 15 is 0 Å². The average Bonchev–Trinajstić information content (AvgIpc) is 2.91. The van der Waals surface area contributed by atoms with Crippen molar-refractivity contribution in [1.82, 2.24) is 4.72 Å². The largest absolute Gasteiger partial charge is 0.504 e. The number of ether oxygens (including phenoxy) is 1. The molecular formula is C29H34N2O8S. The van der Waals surface area contributed by atoms with E-state index in [-0.39, 0.29) is 40.0 Å². The van der Waals surface area contributed by atoms with E-state index in [0.29, 0.717) is 0 Å². The summed E-state index contributed by atoms with van der Waals surface area (Å²) in [4.78, 5) is 24.9. The summed E-state index contributed by atoms with van der Waals surface area (Å²) in [5.74, 6) is -3.80. The van der Waals surface area contributed by atoms with Gasteiger partial charge in [0.25, 0.3) is 5.91 Å². The summed E-state index contributed by atoms with van der Waals surface area (Å²) in [7, 11) is -2.91.